The summed E-state index contributed by atoms with van der Waals surface area (Å²) in [6, 6.07) is 20.6. The monoisotopic (exact) mass is 669 g/mol. The zero-order chi connectivity index (χ0) is 33.6. The predicted molar refractivity (Wildman–Crippen MR) is 178 cm³/mol. The molecule has 0 spiro atoms. The van der Waals surface area contributed by atoms with E-state index in [0.29, 0.717) is 61.5 Å². The van der Waals surface area contributed by atoms with Gasteiger partial charge in [0, 0.05) is 45.1 Å². The van der Waals surface area contributed by atoms with Crippen LogP contribution >= 0.6 is 0 Å². The van der Waals surface area contributed by atoms with Gasteiger partial charge >= 0.3 is 0 Å². The minimum Gasteiger partial charge on any atom is -0.457 e. The highest BCUT2D eigenvalue weighted by molar-refractivity contribution is 5.84. The topological polar surface area (TPSA) is 175 Å². The number of aliphatic hydroxyl groups excluding tert-OH is 1. The lowest BCUT2D eigenvalue weighted by atomic mass is 9.91. The molecule has 15 heteroatoms. The first kappa shape index (κ1) is 32.6. The zero-order valence-electron chi connectivity index (χ0n) is 27.1. The van der Waals surface area contributed by atoms with Gasteiger partial charge < -0.3 is 34.5 Å². The summed E-state index contributed by atoms with van der Waals surface area (Å²) < 4.78 is 24.1. The summed E-state index contributed by atoms with van der Waals surface area (Å²) >= 11 is 0. The van der Waals surface area contributed by atoms with Gasteiger partial charge in [-0.05, 0) is 11.1 Å². The first-order valence-electron chi connectivity index (χ1n) is 16.5. The number of hydrogen-bond donors (Lipinski definition) is 3. The maximum atomic E-state index is 11.6. The first-order chi connectivity index (χ1) is 24.1. The molecule has 0 bridgehead atoms. The number of aryl methyl sites for hydroxylation is 1. The summed E-state index contributed by atoms with van der Waals surface area (Å²) in [5.41, 5.74) is 3.21. The van der Waals surface area contributed by atoms with Crippen molar-refractivity contribution in [2.75, 3.05) is 56.6 Å². The molecule has 7 rings (SSSR count). The Balaban J connectivity index is 1.22. The molecule has 15 nitrogen and oxygen atoms in total. The molecule has 5 aromatic rings. The number of rotatable bonds is 14. The lowest BCUT2D eigenvalue weighted by molar-refractivity contribution is -0.142. The van der Waals surface area contributed by atoms with E-state index in [4.69, 9.17) is 28.7 Å². The standard InChI is InChI=1S/C34H39N9O6/c1-2-25-38-32(49-41-25)28-27(45)29(47-21-44)33(48-28)43-20-37-26-30(39-34(40-31(26)43)35-13-14-42-15-17-46-18-16-42)36-19-24(22-9-5-3-6-10-22)23-11-7-4-8-12-23/h3-12,20-21,24,27-29,33,45H,2,13-19H2,1H3,(H2,35,36,39,40)/t27-,28+,29-,33-/m1/s1. The van der Waals surface area contributed by atoms with Crippen LogP contribution in [0.5, 0.6) is 0 Å². The molecule has 2 aliphatic heterocycles. The van der Waals surface area contributed by atoms with Crippen molar-refractivity contribution in [2.24, 2.45) is 0 Å². The van der Waals surface area contributed by atoms with Crippen molar-refractivity contribution in [3.63, 3.8) is 0 Å². The molecule has 256 valence electrons. The Morgan fingerprint density at radius 3 is 2.43 bits per heavy atom. The van der Waals surface area contributed by atoms with Gasteiger partial charge in [0.05, 0.1) is 19.5 Å². The molecule has 0 unspecified atom stereocenters. The number of nitrogens with one attached hydrogen (secondary N) is 2. The molecular weight excluding hydrogens is 630 g/mol. The molecule has 0 saturated carbocycles. The van der Waals surface area contributed by atoms with E-state index in [-0.39, 0.29) is 18.3 Å². The number of carbonyl (C=O) groups excluding carboxylic acids is 1. The van der Waals surface area contributed by atoms with E-state index in [1.54, 1.807) is 10.9 Å². The molecule has 3 N–H and O–H groups in total. The van der Waals surface area contributed by atoms with Crippen LogP contribution in [0.1, 0.15) is 48.0 Å². The second kappa shape index (κ2) is 15.1. The van der Waals surface area contributed by atoms with Crippen LogP contribution in [0.3, 0.4) is 0 Å². The minimum atomic E-state index is -1.29. The van der Waals surface area contributed by atoms with Gasteiger partial charge in [-0.1, -0.05) is 72.7 Å². The summed E-state index contributed by atoms with van der Waals surface area (Å²) in [7, 11) is 0. The molecule has 0 amide bonds. The molecule has 0 aliphatic carbocycles. The molecule has 2 fully saturated rings. The van der Waals surface area contributed by atoms with Crippen LogP contribution in [0.2, 0.25) is 0 Å². The van der Waals surface area contributed by atoms with E-state index in [0.717, 1.165) is 30.8 Å². The van der Waals surface area contributed by atoms with Crippen molar-refractivity contribution < 1.29 is 28.6 Å². The van der Waals surface area contributed by atoms with Crippen LogP contribution < -0.4 is 10.6 Å². The third kappa shape index (κ3) is 7.10. The fraction of sp³-hybridized carbons (Fsp3) is 0.412. The van der Waals surface area contributed by atoms with Crippen LogP contribution in [0.15, 0.2) is 71.5 Å². The van der Waals surface area contributed by atoms with Gasteiger partial charge in [0.1, 0.15) is 6.10 Å². The Morgan fingerprint density at radius 2 is 1.76 bits per heavy atom. The average Bonchev–Trinajstić information content (AvgIpc) is 3.88. The molecule has 2 aromatic carbocycles. The number of ether oxygens (including phenoxy) is 3. The third-order valence-electron chi connectivity index (χ3n) is 8.86. The molecule has 2 aliphatic rings. The van der Waals surface area contributed by atoms with Crippen molar-refractivity contribution in [3.05, 3.63) is 89.8 Å². The quantitative estimate of drug-likeness (QED) is 0.147. The molecule has 3 aromatic heterocycles. The van der Waals surface area contributed by atoms with Gasteiger partial charge in [-0.3, -0.25) is 14.3 Å². The van der Waals surface area contributed by atoms with Crippen LogP contribution in [0.4, 0.5) is 11.8 Å². The summed E-state index contributed by atoms with van der Waals surface area (Å²) in [6.45, 7) is 7.23. The van der Waals surface area contributed by atoms with E-state index < -0.39 is 24.5 Å². The highest BCUT2D eigenvalue weighted by Gasteiger charge is 2.50. The molecule has 2 saturated heterocycles. The Kier molecular flexibility index (Phi) is 10.0. The second-order valence-corrected chi connectivity index (χ2v) is 11.9. The van der Waals surface area contributed by atoms with E-state index in [9.17, 15) is 9.90 Å². The number of benzene rings is 2. The van der Waals surface area contributed by atoms with Gasteiger partial charge in [-0.2, -0.15) is 15.0 Å². The van der Waals surface area contributed by atoms with E-state index in [2.05, 4.69) is 54.9 Å². The lowest BCUT2D eigenvalue weighted by Crippen LogP contribution is -2.39. The zero-order valence-corrected chi connectivity index (χ0v) is 27.1. The minimum absolute atomic E-state index is 0.0223. The predicted octanol–water partition coefficient (Wildman–Crippen LogP) is 2.93. The molecule has 4 atom stereocenters. The number of imidazole rings is 1. The highest BCUT2D eigenvalue weighted by Crippen LogP contribution is 2.41. The Hall–Kier alpha value is -4.96. The van der Waals surface area contributed by atoms with Gasteiger partial charge in [0.15, 0.2) is 41.2 Å². The fourth-order valence-corrected chi connectivity index (χ4v) is 6.27. The second-order valence-electron chi connectivity index (χ2n) is 11.9. The summed E-state index contributed by atoms with van der Waals surface area (Å²) in [5.74, 6) is 1.48. The van der Waals surface area contributed by atoms with Crippen molar-refractivity contribution in [1.82, 2.24) is 34.6 Å². The Labute approximate surface area is 282 Å². The van der Waals surface area contributed by atoms with Crippen LogP contribution in [-0.2, 0) is 25.4 Å². The maximum absolute atomic E-state index is 11.6. The van der Waals surface area contributed by atoms with Crippen molar-refractivity contribution >= 4 is 29.4 Å². The number of anilines is 2. The van der Waals surface area contributed by atoms with Gasteiger partial charge in [0.25, 0.3) is 12.4 Å². The number of carbonyl (C=O) groups is 1. The summed E-state index contributed by atoms with van der Waals surface area (Å²) in [4.78, 5) is 32.6. The first-order valence-corrected chi connectivity index (χ1v) is 16.5. The number of hydrogen-bond acceptors (Lipinski definition) is 14. The van der Waals surface area contributed by atoms with Gasteiger partial charge in [-0.15, -0.1) is 0 Å². The normalized spacial score (nSPS) is 21.3. The van der Waals surface area contributed by atoms with Crippen LogP contribution in [0, 0.1) is 0 Å². The summed E-state index contributed by atoms with van der Waals surface area (Å²) in [5, 5.41) is 22.1. The van der Waals surface area contributed by atoms with E-state index in [1.165, 1.54) is 0 Å². The highest BCUT2D eigenvalue weighted by atomic mass is 16.6. The Morgan fingerprint density at radius 1 is 1.02 bits per heavy atom. The molecule has 0 radical (unpaired) electrons. The number of morpholine rings is 1. The van der Waals surface area contributed by atoms with E-state index in [1.807, 2.05) is 43.3 Å². The number of aromatic nitrogens is 6. The van der Waals surface area contributed by atoms with Gasteiger partial charge in [-0.25, -0.2) is 4.98 Å². The third-order valence-corrected chi connectivity index (χ3v) is 8.86. The molecular formula is C34H39N9O6. The van der Waals surface area contributed by atoms with Gasteiger partial charge in [0.2, 0.25) is 5.95 Å². The van der Waals surface area contributed by atoms with E-state index >= 15 is 0 Å². The van der Waals surface area contributed by atoms with Crippen LogP contribution in [-0.4, -0.2) is 104 Å². The molecule has 49 heavy (non-hydrogen) atoms. The van der Waals surface area contributed by atoms with Crippen LogP contribution in [0.25, 0.3) is 11.2 Å². The smallest absolute Gasteiger partial charge is 0.293 e. The van der Waals surface area contributed by atoms with Crippen molar-refractivity contribution in [2.45, 2.75) is 43.8 Å². The van der Waals surface area contributed by atoms with Crippen molar-refractivity contribution in [3.8, 4) is 0 Å². The Bertz CT molecular complexity index is 1780. The fourth-order valence-electron chi connectivity index (χ4n) is 6.27. The average molecular weight is 670 g/mol. The number of aliphatic hydroxyl groups is 1. The molecule has 5 heterocycles. The maximum Gasteiger partial charge on any atom is 0.293 e. The largest absolute Gasteiger partial charge is 0.457 e. The number of nitrogens with zero attached hydrogens (tertiary/aromatic N) is 7. The SMILES string of the molecule is CCc1noc([C@H]2O[C@@H](n3cnc4c(NCC(c5ccccc5)c5ccccc5)nc(NCCN5CCOCC5)nc43)[C@H](OC=O)[C@@H]2O)n1. The number of fused-ring (bicyclic) bond motifs is 1. The lowest BCUT2D eigenvalue weighted by Gasteiger charge is -2.26. The van der Waals surface area contributed by atoms with Crippen molar-refractivity contribution in [1.29, 1.82) is 0 Å². The summed E-state index contributed by atoms with van der Waals surface area (Å²) in [6.07, 6.45) is -2.36.